The predicted octanol–water partition coefficient (Wildman–Crippen LogP) is 6.24. The summed E-state index contributed by atoms with van der Waals surface area (Å²) in [7, 11) is 0. The number of ether oxygens (including phenoxy) is 1. The van der Waals surface area contributed by atoms with Gasteiger partial charge in [-0.3, -0.25) is 14.4 Å². The Balaban J connectivity index is 1.58. The van der Waals surface area contributed by atoms with Gasteiger partial charge in [0.15, 0.2) is 5.78 Å². The molecule has 0 aromatic rings. The fraction of sp³-hybridized carbons (Fsp3) is 0.759. The minimum absolute atomic E-state index is 0.0325. The maximum absolute atomic E-state index is 13.5. The molecule has 0 aromatic heterocycles. The molecule has 0 N–H and O–H groups in total. The van der Waals surface area contributed by atoms with Crippen LogP contribution in [-0.2, 0) is 19.1 Å². The monoisotopic (exact) mass is 454 g/mol. The van der Waals surface area contributed by atoms with E-state index in [1.807, 2.05) is 6.08 Å². The lowest BCUT2D eigenvalue weighted by Gasteiger charge is -2.56. The second kappa shape index (κ2) is 8.82. The van der Waals surface area contributed by atoms with Gasteiger partial charge in [-0.05, 0) is 86.0 Å². The van der Waals surface area contributed by atoms with Crippen molar-refractivity contribution in [2.75, 3.05) is 0 Å². The van der Waals surface area contributed by atoms with Crippen molar-refractivity contribution in [3.63, 3.8) is 0 Å². The lowest BCUT2D eigenvalue weighted by atomic mass is 9.48. The van der Waals surface area contributed by atoms with E-state index >= 15 is 0 Å². The number of rotatable bonds is 5. The summed E-state index contributed by atoms with van der Waals surface area (Å²) in [5.74, 6) is 1.95. The first-order chi connectivity index (χ1) is 15.5. The molecule has 33 heavy (non-hydrogen) atoms. The Morgan fingerprint density at radius 2 is 1.91 bits per heavy atom. The van der Waals surface area contributed by atoms with E-state index in [0.717, 1.165) is 32.1 Å². The molecule has 4 nitrogen and oxygen atoms in total. The average molecular weight is 455 g/mol. The van der Waals surface area contributed by atoms with Crippen LogP contribution in [0, 0.1) is 40.4 Å². The van der Waals surface area contributed by atoms with E-state index in [1.54, 1.807) is 0 Å². The quantitative estimate of drug-likeness (QED) is 0.280. The fourth-order valence-electron chi connectivity index (χ4n) is 8.20. The summed E-state index contributed by atoms with van der Waals surface area (Å²) in [6.07, 6.45) is 11.2. The zero-order chi connectivity index (χ0) is 24.1. The van der Waals surface area contributed by atoms with Gasteiger partial charge in [-0.15, -0.1) is 0 Å². The molecule has 4 aliphatic rings. The van der Waals surface area contributed by atoms with Gasteiger partial charge in [0.25, 0.3) is 0 Å². The summed E-state index contributed by atoms with van der Waals surface area (Å²) in [5, 5.41) is 0. The molecule has 182 valence electrons. The van der Waals surface area contributed by atoms with E-state index in [0.29, 0.717) is 48.7 Å². The van der Waals surface area contributed by atoms with Crippen molar-refractivity contribution in [3.8, 4) is 0 Å². The highest BCUT2D eigenvalue weighted by molar-refractivity contribution is 5.90. The van der Waals surface area contributed by atoms with Crippen molar-refractivity contribution in [1.82, 2.24) is 0 Å². The zero-order valence-corrected chi connectivity index (χ0v) is 21.4. The maximum Gasteiger partial charge on any atom is 0.302 e. The number of ketones is 2. The van der Waals surface area contributed by atoms with Crippen molar-refractivity contribution < 1.29 is 19.1 Å². The minimum Gasteiger partial charge on any atom is -0.463 e. The minimum atomic E-state index is -0.246. The average Bonchev–Trinajstić information content (AvgIpc) is 3.05. The van der Waals surface area contributed by atoms with E-state index in [2.05, 4.69) is 40.7 Å². The predicted molar refractivity (Wildman–Crippen MR) is 129 cm³/mol. The van der Waals surface area contributed by atoms with E-state index in [4.69, 9.17) is 4.74 Å². The molecule has 3 saturated carbocycles. The highest BCUT2D eigenvalue weighted by atomic mass is 16.5. The fourth-order valence-corrected chi connectivity index (χ4v) is 8.20. The summed E-state index contributed by atoms with van der Waals surface area (Å²) in [4.78, 5) is 37.4. The van der Waals surface area contributed by atoms with Crippen molar-refractivity contribution >= 4 is 17.5 Å². The third kappa shape index (κ3) is 4.28. The first-order valence-corrected chi connectivity index (χ1v) is 13.1. The molecule has 0 spiro atoms. The van der Waals surface area contributed by atoms with Crippen LogP contribution >= 0.6 is 0 Å². The van der Waals surface area contributed by atoms with Crippen LogP contribution in [0.25, 0.3) is 0 Å². The van der Waals surface area contributed by atoms with Crippen LogP contribution in [0.2, 0.25) is 0 Å². The number of carbonyl (C=O) groups is 3. The molecule has 4 aliphatic carbocycles. The molecule has 3 fully saturated rings. The Kier molecular flexibility index (Phi) is 6.52. The second-order valence-electron chi connectivity index (χ2n) is 12.3. The SMILES string of the molecule is CC(=O)OC1CCC2(C)C3=CCC4(C)C(C(C)=CC(=O)CC(C)C)CCC4C3CC(=O)C2C1. The number of allylic oxidation sites excluding steroid dienone is 4. The largest absolute Gasteiger partial charge is 0.463 e. The van der Waals surface area contributed by atoms with E-state index < -0.39 is 0 Å². The molecule has 7 unspecified atom stereocenters. The van der Waals surface area contributed by atoms with Gasteiger partial charge in [-0.1, -0.05) is 44.9 Å². The van der Waals surface area contributed by atoms with Crippen LogP contribution in [0.4, 0.5) is 0 Å². The number of esters is 1. The highest BCUT2D eigenvalue weighted by Crippen LogP contribution is 2.65. The van der Waals surface area contributed by atoms with Crippen LogP contribution in [0.5, 0.6) is 0 Å². The summed E-state index contributed by atoms with van der Waals surface area (Å²) in [6.45, 7) is 12.5. The highest BCUT2D eigenvalue weighted by Gasteiger charge is 2.59. The van der Waals surface area contributed by atoms with E-state index in [9.17, 15) is 14.4 Å². The third-order valence-corrected chi connectivity index (χ3v) is 9.66. The number of Topliss-reactive ketones (excluding diaryl/α,β-unsaturated/α-hetero) is 1. The van der Waals surface area contributed by atoms with E-state index in [-0.39, 0.29) is 34.6 Å². The topological polar surface area (TPSA) is 60.4 Å². The van der Waals surface area contributed by atoms with Crippen LogP contribution < -0.4 is 0 Å². The molecule has 4 heteroatoms. The Morgan fingerprint density at radius 1 is 1.18 bits per heavy atom. The van der Waals surface area contributed by atoms with Gasteiger partial charge in [0.2, 0.25) is 0 Å². The molecule has 0 aliphatic heterocycles. The molecular weight excluding hydrogens is 412 g/mol. The number of carbonyl (C=O) groups excluding carboxylic acids is 3. The van der Waals surface area contributed by atoms with Crippen LogP contribution in [0.15, 0.2) is 23.3 Å². The lowest BCUT2D eigenvalue weighted by molar-refractivity contribution is -0.154. The van der Waals surface area contributed by atoms with Gasteiger partial charge in [-0.25, -0.2) is 0 Å². The van der Waals surface area contributed by atoms with Crippen molar-refractivity contribution in [1.29, 1.82) is 0 Å². The summed E-state index contributed by atoms with van der Waals surface area (Å²) < 4.78 is 5.51. The molecule has 0 radical (unpaired) electrons. The first-order valence-electron chi connectivity index (χ1n) is 13.1. The van der Waals surface area contributed by atoms with Crippen LogP contribution in [0.1, 0.15) is 92.9 Å². The Labute approximate surface area is 199 Å². The second-order valence-corrected chi connectivity index (χ2v) is 12.3. The van der Waals surface area contributed by atoms with Crippen molar-refractivity contribution in [2.45, 2.75) is 99.0 Å². The van der Waals surface area contributed by atoms with Gasteiger partial charge in [0.1, 0.15) is 11.9 Å². The Morgan fingerprint density at radius 3 is 2.58 bits per heavy atom. The molecular formula is C29H42O4. The van der Waals surface area contributed by atoms with Crippen molar-refractivity contribution in [2.24, 2.45) is 40.4 Å². The molecule has 4 rings (SSSR count). The summed E-state index contributed by atoms with van der Waals surface area (Å²) in [5.41, 5.74) is 2.75. The van der Waals surface area contributed by atoms with Crippen LogP contribution in [0.3, 0.4) is 0 Å². The third-order valence-electron chi connectivity index (χ3n) is 9.66. The zero-order valence-electron chi connectivity index (χ0n) is 21.4. The van der Waals surface area contributed by atoms with Crippen LogP contribution in [-0.4, -0.2) is 23.6 Å². The van der Waals surface area contributed by atoms with Crippen molar-refractivity contribution in [3.05, 3.63) is 23.3 Å². The van der Waals surface area contributed by atoms with Gasteiger partial charge in [0, 0.05) is 25.7 Å². The molecule has 0 aromatic carbocycles. The molecule has 0 saturated heterocycles. The maximum atomic E-state index is 13.5. The lowest BCUT2D eigenvalue weighted by Crippen LogP contribution is -2.52. The standard InChI is InChI=1S/C29H42O4/c1-17(2)13-20(31)14-18(3)23-7-8-24-22-16-27(32)26-15-21(33-19(4)30)9-11-29(26,6)25(22)10-12-28(23,24)5/h10,14,17,21-24,26H,7-9,11-13,15-16H2,1-6H3. The first kappa shape index (κ1) is 24.4. The van der Waals surface area contributed by atoms with Gasteiger partial charge in [-0.2, -0.15) is 0 Å². The van der Waals surface area contributed by atoms with E-state index in [1.165, 1.54) is 18.1 Å². The Hall–Kier alpha value is -1.71. The molecule has 0 bridgehead atoms. The van der Waals surface area contributed by atoms with Gasteiger partial charge >= 0.3 is 5.97 Å². The molecule has 0 amide bonds. The van der Waals surface area contributed by atoms with Gasteiger partial charge in [0.05, 0.1) is 0 Å². The molecule has 0 heterocycles. The Bertz CT molecular complexity index is 895. The number of hydrogen-bond donors (Lipinski definition) is 0. The summed E-state index contributed by atoms with van der Waals surface area (Å²) >= 11 is 0. The number of hydrogen-bond acceptors (Lipinski definition) is 4. The summed E-state index contributed by atoms with van der Waals surface area (Å²) in [6, 6.07) is 0. The van der Waals surface area contributed by atoms with Gasteiger partial charge < -0.3 is 4.74 Å². The smallest absolute Gasteiger partial charge is 0.302 e. The normalized spacial score (nSPS) is 40.6. The molecule has 7 atom stereocenters. The number of fused-ring (bicyclic) bond motifs is 5.